The van der Waals surface area contributed by atoms with Crippen LogP contribution >= 0.6 is 22.6 Å². The summed E-state index contributed by atoms with van der Waals surface area (Å²) < 4.78 is 2.67. The fourth-order valence-electron chi connectivity index (χ4n) is 2.82. The Kier molecular flexibility index (Phi) is 4.99. The predicted octanol–water partition coefficient (Wildman–Crippen LogP) is 0.904. The monoisotopic (exact) mass is 441 g/mol. The number of halogens is 1. The Morgan fingerprint density at radius 1 is 1.50 bits per heavy atom. The van der Waals surface area contributed by atoms with Crippen LogP contribution in [-0.2, 0) is 4.79 Å². The van der Waals surface area contributed by atoms with E-state index in [9.17, 15) is 4.79 Å². The first-order chi connectivity index (χ1) is 11.5. The van der Waals surface area contributed by atoms with E-state index in [-0.39, 0.29) is 11.9 Å². The normalized spacial score (nSPS) is 18.3. The second-order valence-corrected chi connectivity index (χ2v) is 7.11. The Balaban J connectivity index is 1.76. The Hall–Kier alpha value is -1.75. The molecule has 1 fully saturated rings. The van der Waals surface area contributed by atoms with Gasteiger partial charge in [0.15, 0.2) is 5.65 Å². The summed E-state index contributed by atoms with van der Waals surface area (Å²) in [6.07, 6.45) is 5.83. The second-order valence-electron chi connectivity index (χ2n) is 6.08. The first-order valence-electron chi connectivity index (χ1n) is 7.71. The van der Waals surface area contributed by atoms with E-state index in [1.54, 1.807) is 6.08 Å². The van der Waals surface area contributed by atoms with Crippen LogP contribution in [0.15, 0.2) is 18.5 Å². The number of rotatable bonds is 4. The number of fused-ring (bicyclic) bond motifs is 1. The Morgan fingerprint density at radius 3 is 3.04 bits per heavy atom. The van der Waals surface area contributed by atoms with Crippen LogP contribution in [0.25, 0.3) is 11.0 Å². The van der Waals surface area contributed by atoms with Gasteiger partial charge in [0.25, 0.3) is 0 Å². The van der Waals surface area contributed by atoms with Crippen LogP contribution in [-0.4, -0.2) is 69.2 Å². The van der Waals surface area contributed by atoms with E-state index in [4.69, 9.17) is 5.73 Å². The number of likely N-dealkylation sites (tertiary alicyclic amines) is 1. The number of amides is 1. The number of nitrogen functional groups attached to an aromatic ring is 1. The van der Waals surface area contributed by atoms with E-state index in [0.717, 1.165) is 27.7 Å². The van der Waals surface area contributed by atoms with Crippen LogP contribution in [0.1, 0.15) is 12.5 Å². The molecule has 0 radical (unpaired) electrons. The molecule has 9 heteroatoms. The van der Waals surface area contributed by atoms with Crippen LogP contribution in [0.3, 0.4) is 0 Å². The van der Waals surface area contributed by atoms with Gasteiger partial charge in [-0.3, -0.25) is 4.79 Å². The molecule has 1 unspecified atom stereocenters. The molecule has 1 atom stereocenters. The average molecular weight is 441 g/mol. The van der Waals surface area contributed by atoms with Gasteiger partial charge in [-0.15, -0.1) is 0 Å². The van der Waals surface area contributed by atoms with E-state index in [2.05, 4.69) is 37.7 Å². The lowest BCUT2D eigenvalue weighted by molar-refractivity contribution is -0.125. The molecule has 2 N–H and O–H groups in total. The summed E-state index contributed by atoms with van der Waals surface area (Å²) in [6.45, 7) is 2.09. The molecule has 1 aliphatic rings. The quantitative estimate of drug-likeness (QED) is 0.560. The minimum atomic E-state index is 0.0413. The number of hydrogen-bond acceptors (Lipinski definition) is 6. The maximum atomic E-state index is 12.3. The van der Waals surface area contributed by atoms with Gasteiger partial charge in [0.05, 0.1) is 11.4 Å². The summed E-state index contributed by atoms with van der Waals surface area (Å²) in [6, 6.07) is 0.108. The molecule has 1 aliphatic heterocycles. The summed E-state index contributed by atoms with van der Waals surface area (Å²) in [5, 5.41) is 5.36. The van der Waals surface area contributed by atoms with Gasteiger partial charge in [0.1, 0.15) is 15.8 Å². The molecule has 0 aliphatic carbocycles. The Bertz CT molecular complexity index is 785. The van der Waals surface area contributed by atoms with Gasteiger partial charge in [0.2, 0.25) is 5.91 Å². The number of aromatic nitrogens is 4. The predicted molar refractivity (Wildman–Crippen MR) is 100 cm³/mol. The maximum Gasteiger partial charge on any atom is 0.246 e. The van der Waals surface area contributed by atoms with Crippen LogP contribution < -0.4 is 5.73 Å². The van der Waals surface area contributed by atoms with Crippen molar-refractivity contribution in [3.63, 3.8) is 0 Å². The van der Waals surface area contributed by atoms with E-state index in [0.29, 0.717) is 18.9 Å². The van der Waals surface area contributed by atoms with Crippen molar-refractivity contribution in [2.24, 2.45) is 0 Å². The fourth-order valence-corrected chi connectivity index (χ4v) is 3.57. The summed E-state index contributed by atoms with van der Waals surface area (Å²) in [5.74, 6) is 0.479. The van der Waals surface area contributed by atoms with Crippen molar-refractivity contribution in [1.82, 2.24) is 29.5 Å². The van der Waals surface area contributed by atoms with E-state index in [1.165, 1.54) is 6.33 Å². The molecule has 0 aromatic carbocycles. The largest absolute Gasteiger partial charge is 0.383 e. The highest BCUT2D eigenvalue weighted by atomic mass is 127. The van der Waals surface area contributed by atoms with Crippen molar-refractivity contribution in [1.29, 1.82) is 0 Å². The van der Waals surface area contributed by atoms with Crippen molar-refractivity contribution in [2.75, 3.05) is 39.5 Å². The van der Waals surface area contributed by atoms with Crippen molar-refractivity contribution in [3.8, 4) is 0 Å². The average Bonchev–Trinajstić information content (AvgIpc) is 3.12. The van der Waals surface area contributed by atoms with Gasteiger partial charge in [0, 0.05) is 25.7 Å². The van der Waals surface area contributed by atoms with Crippen molar-refractivity contribution < 1.29 is 4.79 Å². The zero-order valence-electron chi connectivity index (χ0n) is 13.7. The van der Waals surface area contributed by atoms with Crippen molar-refractivity contribution >= 4 is 45.3 Å². The van der Waals surface area contributed by atoms with Gasteiger partial charge in [-0.05, 0) is 43.1 Å². The Labute approximate surface area is 153 Å². The number of carbonyl (C=O) groups excluding carboxylic acids is 1. The SMILES string of the molecule is CN(C)C/C=C/C(=O)N1CCC(n2nc(I)c3c(N)ncnc32)C1. The molecule has 24 heavy (non-hydrogen) atoms. The van der Waals surface area contributed by atoms with Gasteiger partial charge in [-0.25, -0.2) is 14.6 Å². The topological polar surface area (TPSA) is 93.2 Å². The highest BCUT2D eigenvalue weighted by Crippen LogP contribution is 2.29. The van der Waals surface area contributed by atoms with Gasteiger partial charge in [-0.2, -0.15) is 5.10 Å². The van der Waals surface area contributed by atoms with Crippen LogP contribution in [0.2, 0.25) is 0 Å². The minimum absolute atomic E-state index is 0.0413. The second kappa shape index (κ2) is 7.01. The lowest BCUT2D eigenvalue weighted by Gasteiger charge is -2.15. The minimum Gasteiger partial charge on any atom is -0.383 e. The zero-order chi connectivity index (χ0) is 17.3. The standard InChI is InChI=1S/C15H20IN7O/c1-21(2)6-3-4-11(24)22-7-5-10(8-22)23-15-12(13(16)20-23)14(17)18-9-19-15/h3-4,9-10H,5-8H2,1-2H3,(H2,17,18,19)/b4-3+. The molecule has 3 heterocycles. The molecule has 0 spiro atoms. The third kappa shape index (κ3) is 3.36. The van der Waals surface area contributed by atoms with Crippen molar-refractivity contribution in [2.45, 2.75) is 12.5 Å². The molecular formula is C15H20IN7O. The first-order valence-corrected chi connectivity index (χ1v) is 8.79. The fraction of sp³-hybridized carbons (Fsp3) is 0.467. The molecule has 2 aromatic rings. The van der Waals surface area contributed by atoms with Gasteiger partial charge < -0.3 is 15.5 Å². The number of nitrogens with zero attached hydrogens (tertiary/aromatic N) is 6. The molecule has 8 nitrogen and oxygen atoms in total. The maximum absolute atomic E-state index is 12.3. The van der Waals surface area contributed by atoms with E-state index in [1.807, 2.05) is 34.7 Å². The third-order valence-electron chi connectivity index (χ3n) is 4.03. The van der Waals surface area contributed by atoms with Gasteiger partial charge >= 0.3 is 0 Å². The molecular weight excluding hydrogens is 421 g/mol. The van der Waals surface area contributed by atoms with Crippen LogP contribution in [0, 0.1) is 3.70 Å². The van der Waals surface area contributed by atoms with Gasteiger partial charge in [-0.1, -0.05) is 6.08 Å². The number of nitrogens with two attached hydrogens (primary N) is 1. The third-order valence-corrected chi connectivity index (χ3v) is 4.78. The molecule has 2 aromatic heterocycles. The number of anilines is 1. The number of likely N-dealkylation sites (N-methyl/N-ethyl adjacent to an activating group) is 1. The van der Waals surface area contributed by atoms with E-state index >= 15 is 0 Å². The first kappa shape index (κ1) is 17.1. The highest BCUT2D eigenvalue weighted by molar-refractivity contribution is 14.1. The molecule has 0 bridgehead atoms. The lowest BCUT2D eigenvalue weighted by atomic mass is 10.2. The molecule has 0 saturated carbocycles. The van der Waals surface area contributed by atoms with E-state index < -0.39 is 0 Å². The number of hydrogen-bond donors (Lipinski definition) is 1. The molecule has 1 saturated heterocycles. The summed E-state index contributed by atoms with van der Waals surface area (Å²) in [4.78, 5) is 24.5. The summed E-state index contributed by atoms with van der Waals surface area (Å²) in [5.41, 5.74) is 6.67. The molecule has 1 amide bonds. The summed E-state index contributed by atoms with van der Waals surface area (Å²) in [7, 11) is 3.94. The molecule has 3 rings (SSSR count). The van der Waals surface area contributed by atoms with Crippen LogP contribution in [0.5, 0.6) is 0 Å². The molecule has 128 valence electrons. The summed E-state index contributed by atoms with van der Waals surface area (Å²) >= 11 is 2.15. The lowest BCUT2D eigenvalue weighted by Crippen LogP contribution is -2.28. The smallest absolute Gasteiger partial charge is 0.246 e. The number of carbonyl (C=O) groups is 1. The zero-order valence-corrected chi connectivity index (χ0v) is 15.8. The van der Waals surface area contributed by atoms with Crippen LogP contribution in [0.4, 0.5) is 5.82 Å². The Morgan fingerprint density at radius 2 is 2.29 bits per heavy atom. The highest BCUT2D eigenvalue weighted by Gasteiger charge is 2.29. The van der Waals surface area contributed by atoms with Crippen molar-refractivity contribution in [3.05, 3.63) is 22.2 Å².